The molecule has 0 spiro atoms. The third kappa shape index (κ3) is 2.77. The first-order valence-corrected chi connectivity index (χ1v) is 8.47. The summed E-state index contributed by atoms with van der Waals surface area (Å²) in [7, 11) is 0. The van der Waals surface area contributed by atoms with Crippen molar-refractivity contribution in [3.05, 3.63) is 16.0 Å². The number of fused-ring (bicyclic) bond motifs is 1. The summed E-state index contributed by atoms with van der Waals surface area (Å²) in [6.07, 6.45) is 3.29. The lowest BCUT2D eigenvalue weighted by Gasteiger charge is -2.11. The minimum Gasteiger partial charge on any atom is -0.287 e. The van der Waals surface area contributed by atoms with Gasteiger partial charge >= 0.3 is 0 Å². The van der Waals surface area contributed by atoms with Gasteiger partial charge in [-0.15, -0.1) is 11.8 Å². The van der Waals surface area contributed by atoms with E-state index in [4.69, 9.17) is 4.98 Å². The average molecular weight is 284 g/mol. The summed E-state index contributed by atoms with van der Waals surface area (Å²) < 4.78 is 1.82. The molecule has 2 rings (SSSR count). The molecule has 1 aromatic heterocycles. The molecule has 0 unspecified atom stereocenters. The Hall–Kier alpha value is -0.420. The van der Waals surface area contributed by atoms with E-state index >= 15 is 0 Å². The summed E-state index contributed by atoms with van der Waals surface area (Å²) in [6.45, 7) is 7.07. The van der Waals surface area contributed by atoms with Crippen LogP contribution in [0.1, 0.15) is 39.3 Å². The third-order valence-corrected chi connectivity index (χ3v) is 5.29. The molecule has 100 valence electrons. The standard InChI is InChI=1S/C13H20N2OS2/c1-4-6-7-17-13-14-10-8-9(3)18-11(10)12(16)15(13)5-2/h9H,4-8H2,1-3H3/t9-/m0/s1. The molecular formula is C13H20N2OS2. The van der Waals surface area contributed by atoms with E-state index in [1.165, 1.54) is 12.8 Å². The Balaban J connectivity index is 2.32. The fourth-order valence-corrected chi connectivity index (χ4v) is 4.31. The van der Waals surface area contributed by atoms with Gasteiger partial charge in [0.25, 0.3) is 5.56 Å². The number of rotatable bonds is 5. The zero-order valence-electron chi connectivity index (χ0n) is 11.2. The van der Waals surface area contributed by atoms with Crippen LogP contribution < -0.4 is 5.56 Å². The van der Waals surface area contributed by atoms with E-state index in [0.29, 0.717) is 11.8 Å². The van der Waals surface area contributed by atoms with Gasteiger partial charge in [0.1, 0.15) is 0 Å². The molecule has 0 N–H and O–H groups in total. The second-order valence-electron chi connectivity index (χ2n) is 4.55. The highest BCUT2D eigenvalue weighted by Gasteiger charge is 2.25. The van der Waals surface area contributed by atoms with Crippen LogP contribution in [0.15, 0.2) is 14.8 Å². The smallest absolute Gasteiger partial charge is 0.268 e. The molecule has 0 saturated carbocycles. The second-order valence-corrected chi connectivity index (χ2v) is 7.06. The van der Waals surface area contributed by atoms with Crippen molar-refractivity contribution in [2.24, 2.45) is 0 Å². The maximum absolute atomic E-state index is 12.4. The third-order valence-electron chi connectivity index (χ3n) is 3.01. The van der Waals surface area contributed by atoms with Crippen molar-refractivity contribution in [2.45, 2.75) is 61.9 Å². The SMILES string of the molecule is CCCCSc1nc2c(c(=O)n1CC)S[C@@H](C)C2. The molecule has 0 aromatic carbocycles. The lowest BCUT2D eigenvalue weighted by molar-refractivity contribution is 0.595. The Morgan fingerprint density at radius 2 is 2.28 bits per heavy atom. The molecule has 1 aliphatic rings. The highest BCUT2D eigenvalue weighted by atomic mass is 32.2. The number of aromatic nitrogens is 2. The van der Waals surface area contributed by atoms with Crippen LogP contribution >= 0.6 is 23.5 Å². The van der Waals surface area contributed by atoms with Crippen LogP contribution in [0.4, 0.5) is 0 Å². The molecular weight excluding hydrogens is 264 g/mol. The minimum absolute atomic E-state index is 0.163. The van der Waals surface area contributed by atoms with Gasteiger partial charge in [-0.1, -0.05) is 32.0 Å². The number of nitrogens with zero attached hydrogens (tertiary/aromatic N) is 2. The molecule has 3 nitrogen and oxygen atoms in total. The first-order chi connectivity index (χ1) is 8.67. The second kappa shape index (κ2) is 6.15. The Bertz CT molecular complexity index is 485. The van der Waals surface area contributed by atoms with Gasteiger partial charge in [0.15, 0.2) is 5.16 Å². The van der Waals surface area contributed by atoms with Crippen molar-refractivity contribution in [3.63, 3.8) is 0 Å². The van der Waals surface area contributed by atoms with Crippen molar-refractivity contribution in [1.29, 1.82) is 0 Å². The van der Waals surface area contributed by atoms with Gasteiger partial charge in [-0.2, -0.15) is 0 Å². The van der Waals surface area contributed by atoms with Crippen LogP contribution in [-0.2, 0) is 13.0 Å². The molecule has 0 aliphatic carbocycles. The van der Waals surface area contributed by atoms with Gasteiger partial charge in [0.2, 0.25) is 0 Å². The van der Waals surface area contributed by atoms with Crippen molar-refractivity contribution in [2.75, 3.05) is 5.75 Å². The van der Waals surface area contributed by atoms with E-state index < -0.39 is 0 Å². The molecule has 1 aliphatic heterocycles. The van der Waals surface area contributed by atoms with Gasteiger partial charge in [-0.05, 0) is 13.3 Å². The van der Waals surface area contributed by atoms with Crippen LogP contribution in [0.3, 0.4) is 0 Å². The van der Waals surface area contributed by atoms with E-state index in [0.717, 1.165) is 27.9 Å². The topological polar surface area (TPSA) is 34.9 Å². The quantitative estimate of drug-likeness (QED) is 0.472. The van der Waals surface area contributed by atoms with Gasteiger partial charge in [0, 0.05) is 24.0 Å². The minimum atomic E-state index is 0.163. The molecule has 2 heterocycles. The lowest BCUT2D eigenvalue weighted by atomic mass is 10.2. The zero-order chi connectivity index (χ0) is 13.1. The molecule has 0 radical (unpaired) electrons. The molecule has 0 amide bonds. The van der Waals surface area contributed by atoms with E-state index in [1.54, 1.807) is 23.5 Å². The van der Waals surface area contributed by atoms with E-state index in [1.807, 2.05) is 11.5 Å². The van der Waals surface area contributed by atoms with E-state index in [2.05, 4.69) is 13.8 Å². The first-order valence-electron chi connectivity index (χ1n) is 6.60. The van der Waals surface area contributed by atoms with E-state index in [9.17, 15) is 4.79 Å². The van der Waals surface area contributed by atoms with Crippen LogP contribution in [-0.4, -0.2) is 20.6 Å². The lowest BCUT2D eigenvalue weighted by Crippen LogP contribution is -2.24. The fraction of sp³-hybridized carbons (Fsp3) is 0.692. The summed E-state index contributed by atoms with van der Waals surface area (Å²) >= 11 is 3.40. The molecule has 0 bridgehead atoms. The van der Waals surface area contributed by atoms with Crippen LogP contribution in [0.2, 0.25) is 0 Å². The highest BCUT2D eigenvalue weighted by molar-refractivity contribution is 8.00. The summed E-state index contributed by atoms with van der Waals surface area (Å²) in [5, 5.41) is 1.39. The molecule has 1 aromatic rings. The van der Waals surface area contributed by atoms with Crippen molar-refractivity contribution in [3.8, 4) is 0 Å². The number of thioether (sulfide) groups is 2. The number of hydrogen-bond donors (Lipinski definition) is 0. The largest absolute Gasteiger partial charge is 0.287 e. The zero-order valence-corrected chi connectivity index (χ0v) is 12.9. The summed E-state index contributed by atoms with van der Waals surface area (Å²) in [4.78, 5) is 18.0. The maximum atomic E-state index is 12.4. The van der Waals surface area contributed by atoms with Crippen LogP contribution in [0, 0.1) is 0 Å². The highest BCUT2D eigenvalue weighted by Crippen LogP contribution is 2.34. The van der Waals surface area contributed by atoms with Crippen molar-refractivity contribution >= 4 is 23.5 Å². The molecule has 5 heteroatoms. The molecule has 0 fully saturated rings. The fourth-order valence-electron chi connectivity index (χ4n) is 2.03. The van der Waals surface area contributed by atoms with Gasteiger partial charge in [-0.25, -0.2) is 4.98 Å². The van der Waals surface area contributed by atoms with Gasteiger partial charge < -0.3 is 0 Å². The predicted molar refractivity (Wildman–Crippen MR) is 78.8 cm³/mol. The number of hydrogen-bond acceptors (Lipinski definition) is 4. The summed E-state index contributed by atoms with van der Waals surface area (Å²) in [6, 6.07) is 0. The van der Waals surface area contributed by atoms with Crippen LogP contribution in [0.5, 0.6) is 0 Å². The van der Waals surface area contributed by atoms with Crippen molar-refractivity contribution < 1.29 is 0 Å². The summed E-state index contributed by atoms with van der Waals surface area (Å²) in [5.41, 5.74) is 1.18. The Morgan fingerprint density at radius 1 is 1.50 bits per heavy atom. The normalized spacial score (nSPS) is 18.1. The van der Waals surface area contributed by atoms with Gasteiger partial charge in [-0.3, -0.25) is 9.36 Å². The Labute approximate surface area is 117 Å². The first kappa shape index (κ1) is 14.0. The molecule has 18 heavy (non-hydrogen) atoms. The molecule has 0 saturated heterocycles. The van der Waals surface area contributed by atoms with Crippen LogP contribution in [0.25, 0.3) is 0 Å². The Kier molecular flexibility index (Phi) is 4.78. The maximum Gasteiger partial charge on any atom is 0.268 e. The van der Waals surface area contributed by atoms with Crippen molar-refractivity contribution in [1.82, 2.24) is 9.55 Å². The average Bonchev–Trinajstić information content (AvgIpc) is 2.71. The predicted octanol–water partition coefficient (Wildman–Crippen LogP) is 3.19. The monoisotopic (exact) mass is 284 g/mol. The number of unbranched alkanes of at least 4 members (excludes halogenated alkanes) is 1. The Morgan fingerprint density at radius 3 is 2.94 bits per heavy atom. The summed E-state index contributed by atoms with van der Waals surface area (Å²) in [5.74, 6) is 1.05. The van der Waals surface area contributed by atoms with Gasteiger partial charge in [0.05, 0.1) is 10.6 Å². The molecule has 1 atom stereocenters. The van der Waals surface area contributed by atoms with E-state index in [-0.39, 0.29) is 5.56 Å².